The number of halogens is 1. The van der Waals surface area contributed by atoms with Gasteiger partial charge in [0.05, 0.1) is 30.5 Å². The van der Waals surface area contributed by atoms with E-state index >= 15 is 0 Å². The minimum absolute atomic E-state index is 0.0906. The molecule has 0 unspecified atom stereocenters. The monoisotopic (exact) mass is 470 g/mol. The summed E-state index contributed by atoms with van der Waals surface area (Å²) in [4.78, 5) is 13.9. The second-order valence-corrected chi connectivity index (χ2v) is 9.54. The third kappa shape index (κ3) is 7.03. The van der Waals surface area contributed by atoms with Gasteiger partial charge < -0.3 is 25.5 Å². The first-order valence-electron chi connectivity index (χ1n) is 11.5. The summed E-state index contributed by atoms with van der Waals surface area (Å²) in [5.41, 5.74) is 8.67. The number of methoxy groups -OCH3 is 1. The number of carbonyl (C=O) groups is 1. The maximum Gasteiger partial charge on any atom is 0.337 e. The van der Waals surface area contributed by atoms with Gasteiger partial charge in [-0.1, -0.05) is 24.3 Å². The van der Waals surface area contributed by atoms with Crippen molar-refractivity contribution < 1.29 is 19.0 Å². The molecule has 3 rings (SSSR count). The zero-order valence-electron chi connectivity index (χ0n) is 20.1. The molecule has 0 aromatic heterocycles. The highest BCUT2D eigenvalue weighted by molar-refractivity contribution is 5.89. The Morgan fingerprint density at radius 1 is 1.24 bits per heavy atom. The number of likely N-dealkylation sites (tertiary alicyclic amines) is 1. The van der Waals surface area contributed by atoms with E-state index in [1.165, 1.54) is 29.8 Å². The van der Waals surface area contributed by atoms with Gasteiger partial charge in [-0.25, -0.2) is 15.0 Å². The van der Waals surface area contributed by atoms with E-state index in [4.69, 9.17) is 11.6 Å². The van der Waals surface area contributed by atoms with Crippen molar-refractivity contribution in [3.63, 3.8) is 0 Å². The first-order chi connectivity index (χ1) is 16.1. The lowest BCUT2D eigenvalue weighted by Gasteiger charge is -2.35. The molecule has 34 heavy (non-hydrogen) atoms. The van der Waals surface area contributed by atoms with Gasteiger partial charge in [0, 0.05) is 18.3 Å². The highest BCUT2D eigenvalue weighted by Crippen LogP contribution is 2.30. The number of benzene rings is 2. The lowest BCUT2D eigenvalue weighted by Crippen LogP contribution is -2.42. The normalized spacial score (nSPS) is 15.9. The van der Waals surface area contributed by atoms with Crippen LogP contribution in [0.5, 0.6) is 0 Å². The van der Waals surface area contributed by atoms with E-state index in [0.29, 0.717) is 23.7 Å². The predicted octanol–water partition coefficient (Wildman–Crippen LogP) is 3.20. The summed E-state index contributed by atoms with van der Waals surface area (Å²) >= 11 is 0. The van der Waals surface area contributed by atoms with Gasteiger partial charge in [-0.3, -0.25) is 0 Å². The zero-order chi connectivity index (χ0) is 24.9. The number of nitrogens with two attached hydrogens (primary N) is 2. The molecule has 0 atom stereocenters. The van der Waals surface area contributed by atoms with Gasteiger partial charge in [-0.05, 0) is 75.0 Å². The van der Waals surface area contributed by atoms with Crippen LogP contribution in [0.3, 0.4) is 0 Å². The number of hydrazine groups is 1. The fourth-order valence-corrected chi connectivity index (χ4v) is 4.36. The molecule has 0 amide bonds. The SMILES string of the molecule is COC(=O)c1ccc(CN(N)/C=C(\N)c2cccc(C3CCN(CC(C)(C)O)CC3)c2)c(F)c1. The van der Waals surface area contributed by atoms with Crippen molar-refractivity contribution in [2.24, 2.45) is 11.6 Å². The number of carbonyl (C=O) groups excluding carboxylic acids is 1. The minimum atomic E-state index is -0.688. The molecule has 0 radical (unpaired) electrons. The fraction of sp³-hybridized carbons (Fsp3) is 0.423. The van der Waals surface area contributed by atoms with Crippen LogP contribution < -0.4 is 11.6 Å². The third-order valence-electron chi connectivity index (χ3n) is 6.02. The molecule has 0 bridgehead atoms. The maximum absolute atomic E-state index is 14.4. The quantitative estimate of drug-likeness (QED) is 0.309. The van der Waals surface area contributed by atoms with Crippen molar-refractivity contribution in [1.82, 2.24) is 9.91 Å². The number of aliphatic hydroxyl groups is 1. The number of β-amino-alcohol motifs (C(OH)–C–C–N with tert-alkyl or cyclic N) is 1. The standard InChI is InChI=1S/C26H35FN4O3/c1-26(2,33)17-30-11-9-18(10-12-30)19-5-4-6-20(13-19)24(28)16-31(29)15-22-8-7-21(14-23(22)27)25(32)34-3/h4-8,13-14,16,18,33H,9-12,15,17,28-29H2,1-3H3/b24-16-. The van der Waals surface area contributed by atoms with Crippen molar-refractivity contribution >= 4 is 11.7 Å². The Morgan fingerprint density at radius 3 is 2.56 bits per heavy atom. The van der Waals surface area contributed by atoms with Crippen LogP contribution in [0.1, 0.15) is 59.7 Å². The summed E-state index contributed by atoms with van der Waals surface area (Å²) in [6.45, 7) is 6.33. The average Bonchev–Trinajstić information content (AvgIpc) is 2.79. The Morgan fingerprint density at radius 2 is 1.94 bits per heavy atom. The van der Waals surface area contributed by atoms with E-state index in [2.05, 4.69) is 21.8 Å². The topological polar surface area (TPSA) is 105 Å². The molecule has 1 saturated heterocycles. The number of hydrogen-bond donors (Lipinski definition) is 3. The van der Waals surface area contributed by atoms with E-state index in [1.807, 2.05) is 26.0 Å². The molecular formula is C26H35FN4O3. The molecule has 1 fully saturated rings. The van der Waals surface area contributed by atoms with E-state index < -0.39 is 17.4 Å². The first kappa shape index (κ1) is 25.7. The molecular weight excluding hydrogens is 435 g/mol. The summed E-state index contributed by atoms with van der Waals surface area (Å²) < 4.78 is 19.0. The van der Waals surface area contributed by atoms with E-state index in [-0.39, 0.29) is 12.1 Å². The lowest BCUT2D eigenvalue weighted by atomic mass is 9.88. The number of hydrogen-bond acceptors (Lipinski definition) is 7. The number of nitrogens with zero attached hydrogens (tertiary/aromatic N) is 2. The van der Waals surface area contributed by atoms with Crippen LogP contribution in [0, 0.1) is 5.82 Å². The Labute approximate surface area is 200 Å². The molecule has 1 heterocycles. The van der Waals surface area contributed by atoms with Crippen LogP contribution in [0.25, 0.3) is 5.70 Å². The summed E-state index contributed by atoms with van der Waals surface area (Å²) in [6.07, 6.45) is 3.62. The van der Waals surface area contributed by atoms with Crippen LogP contribution in [-0.4, -0.2) is 53.3 Å². The number of ether oxygens (including phenoxy) is 1. The summed E-state index contributed by atoms with van der Waals surface area (Å²) in [7, 11) is 1.25. The van der Waals surface area contributed by atoms with Crippen LogP contribution in [0.4, 0.5) is 4.39 Å². The smallest absolute Gasteiger partial charge is 0.337 e. The lowest BCUT2D eigenvalue weighted by molar-refractivity contribution is 0.0281. The van der Waals surface area contributed by atoms with E-state index in [0.717, 1.165) is 37.6 Å². The second kappa shape index (κ2) is 11.0. The van der Waals surface area contributed by atoms with Crippen LogP contribution >= 0.6 is 0 Å². The number of piperidine rings is 1. The Kier molecular flexibility index (Phi) is 8.30. The van der Waals surface area contributed by atoms with Crippen LogP contribution in [-0.2, 0) is 11.3 Å². The largest absolute Gasteiger partial charge is 0.465 e. The fourth-order valence-electron chi connectivity index (χ4n) is 4.36. The number of rotatable bonds is 8. The van der Waals surface area contributed by atoms with Crippen molar-refractivity contribution in [3.05, 3.63) is 76.7 Å². The van der Waals surface area contributed by atoms with Crippen molar-refractivity contribution in [1.29, 1.82) is 0 Å². The Balaban J connectivity index is 1.64. The van der Waals surface area contributed by atoms with Gasteiger partial charge in [0.25, 0.3) is 0 Å². The highest BCUT2D eigenvalue weighted by atomic mass is 19.1. The second-order valence-electron chi connectivity index (χ2n) is 9.54. The Hall–Kier alpha value is -2.94. The molecule has 5 N–H and O–H groups in total. The first-order valence-corrected chi connectivity index (χ1v) is 11.5. The third-order valence-corrected chi connectivity index (χ3v) is 6.02. The molecule has 0 spiro atoms. The molecule has 0 aliphatic carbocycles. The van der Waals surface area contributed by atoms with Crippen molar-refractivity contribution in [3.8, 4) is 0 Å². The molecule has 0 saturated carbocycles. The zero-order valence-corrected chi connectivity index (χ0v) is 20.1. The van der Waals surface area contributed by atoms with Gasteiger partial charge in [0.1, 0.15) is 5.82 Å². The molecule has 8 heteroatoms. The summed E-state index contributed by atoms with van der Waals surface area (Å²) in [5, 5.41) is 11.4. The molecule has 184 valence electrons. The maximum atomic E-state index is 14.4. The van der Waals surface area contributed by atoms with Gasteiger partial charge in [-0.2, -0.15) is 0 Å². The Bertz CT molecular complexity index is 1030. The van der Waals surface area contributed by atoms with E-state index in [1.54, 1.807) is 6.20 Å². The van der Waals surface area contributed by atoms with Crippen molar-refractivity contribution in [2.45, 2.75) is 44.8 Å². The summed E-state index contributed by atoms with van der Waals surface area (Å²) in [6, 6.07) is 12.3. The van der Waals surface area contributed by atoms with Gasteiger partial charge >= 0.3 is 5.97 Å². The van der Waals surface area contributed by atoms with E-state index in [9.17, 15) is 14.3 Å². The summed E-state index contributed by atoms with van der Waals surface area (Å²) in [5.74, 6) is 5.37. The number of esters is 1. The molecule has 1 aliphatic heterocycles. The van der Waals surface area contributed by atoms with Gasteiger partial charge in [0.15, 0.2) is 0 Å². The molecule has 7 nitrogen and oxygen atoms in total. The predicted molar refractivity (Wildman–Crippen MR) is 131 cm³/mol. The van der Waals surface area contributed by atoms with Gasteiger partial charge in [0.2, 0.25) is 0 Å². The average molecular weight is 471 g/mol. The molecule has 2 aromatic carbocycles. The minimum Gasteiger partial charge on any atom is -0.465 e. The van der Waals surface area contributed by atoms with Gasteiger partial charge in [-0.15, -0.1) is 0 Å². The molecule has 2 aromatic rings. The van der Waals surface area contributed by atoms with Crippen LogP contribution in [0.15, 0.2) is 48.7 Å². The molecule has 1 aliphatic rings. The van der Waals surface area contributed by atoms with Crippen LogP contribution in [0.2, 0.25) is 0 Å². The van der Waals surface area contributed by atoms with Crippen molar-refractivity contribution in [2.75, 3.05) is 26.7 Å². The highest BCUT2D eigenvalue weighted by Gasteiger charge is 2.25.